The van der Waals surface area contributed by atoms with E-state index in [2.05, 4.69) is 19.1 Å². The minimum Gasteiger partial charge on any atom is -0.481 e. The Morgan fingerprint density at radius 1 is 0.917 bits per heavy atom. The summed E-state index contributed by atoms with van der Waals surface area (Å²) in [5.74, 6) is -1.04. The van der Waals surface area contributed by atoms with E-state index in [-0.39, 0.29) is 12.8 Å². The molecule has 24 heavy (non-hydrogen) atoms. The molecule has 0 aromatic rings. The van der Waals surface area contributed by atoms with E-state index in [1.54, 1.807) is 0 Å². The van der Waals surface area contributed by atoms with Gasteiger partial charge in [-0.25, -0.2) is 0 Å². The molecule has 0 heterocycles. The predicted molar refractivity (Wildman–Crippen MR) is 97.8 cm³/mol. The number of carbonyl (C=O) groups is 1. The van der Waals surface area contributed by atoms with Crippen LogP contribution in [0.4, 0.5) is 0 Å². The van der Waals surface area contributed by atoms with E-state index in [0.29, 0.717) is 12.8 Å². The molecule has 0 aromatic carbocycles. The molecule has 0 rings (SSSR count). The molecule has 2 N–H and O–H groups in total. The molecule has 0 saturated heterocycles. The van der Waals surface area contributed by atoms with Gasteiger partial charge in [0.2, 0.25) is 0 Å². The molecule has 0 spiro atoms. The molecule has 0 saturated carbocycles. The van der Waals surface area contributed by atoms with Crippen molar-refractivity contribution in [2.75, 3.05) is 0 Å². The summed E-state index contributed by atoms with van der Waals surface area (Å²) in [6.07, 6.45) is 15.6. The molecule has 5 nitrogen and oxygen atoms in total. The zero-order valence-electron chi connectivity index (χ0n) is 15.0. The van der Waals surface area contributed by atoms with Crippen LogP contribution in [0, 0.1) is 0 Å². The highest BCUT2D eigenvalue weighted by Gasteiger charge is 2.23. The Balaban J connectivity index is 3.70. The SMILES string of the molecule is CCCCCCCC/C=C\CCCCC(CCC(=O)O)S(=O)(=O)O. The maximum atomic E-state index is 11.2. The van der Waals surface area contributed by atoms with Crippen molar-refractivity contribution < 1.29 is 22.9 Å². The van der Waals surface area contributed by atoms with Gasteiger partial charge in [0.15, 0.2) is 0 Å². The average molecular weight is 363 g/mol. The summed E-state index contributed by atoms with van der Waals surface area (Å²) >= 11 is 0. The number of carboxylic acids is 1. The van der Waals surface area contributed by atoms with Crippen LogP contribution in [0.2, 0.25) is 0 Å². The molecule has 1 unspecified atom stereocenters. The maximum Gasteiger partial charge on any atom is 0.303 e. The number of allylic oxidation sites excluding steroid dienone is 2. The fourth-order valence-electron chi connectivity index (χ4n) is 2.64. The second-order valence-electron chi connectivity index (χ2n) is 6.38. The molecule has 0 fully saturated rings. The van der Waals surface area contributed by atoms with E-state index in [1.807, 2.05) is 0 Å². The van der Waals surface area contributed by atoms with Crippen molar-refractivity contribution in [3.8, 4) is 0 Å². The Labute approximate surface area is 147 Å². The summed E-state index contributed by atoms with van der Waals surface area (Å²) in [7, 11) is -4.16. The average Bonchev–Trinajstić information content (AvgIpc) is 2.49. The van der Waals surface area contributed by atoms with Crippen molar-refractivity contribution >= 4 is 16.1 Å². The van der Waals surface area contributed by atoms with Crippen LogP contribution in [-0.4, -0.2) is 29.3 Å². The summed E-state index contributed by atoms with van der Waals surface area (Å²) < 4.78 is 31.6. The lowest BCUT2D eigenvalue weighted by atomic mass is 10.1. The van der Waals surface area contributed by atoms with Crippen molar-refractivity contribution in [2.45, 2.75) is 95.6 Å². The zero-order valence-corrected chi connectivity index (χ0v) is 15.8. The van der Waals surface area contributed by atoms with E-state index in [4.69, 9.17) is 9.66 Å². The first kappa shape index (κ1) is 23.1. The van der Waals surface area contributed by atoms with Gasteiger partial charge in [-0.1, -0.05) is 57.6 Å². The van der Waals surface area contributed by atoms with Gasteiger partial charge in [0, 0.05) is 6.42 Å². The molecular weight excluding hydrogens is 328 g/mol. The summed E-state index contributed by atoms with van der Waals surface area (Å²) in [5.41, 5.74) is 0. The van der Waals surface area contributed by atoms with Crippen LogP contribution in [0.15, 0.2) is 12.2 Å². The minimum atomic E-state index is -4.16. The molecule has 0 aliphatic carbocycles. The van der Waals surface area contributed by atoms with Gasteiger partial charge in [0.25, 0.3) is 10.1 Å². The van der Waals surface area contributed by atoms with Gasteiger partial charge in [-0.15, -0.1) is 0 Å². The molecule has 0 aliphatic rings. The van der Waals surface area contributed by atoms with Crippen molar-refractivity contribution in [3.05, 3.63) is 12.2 Å². The molecular formula is C18H34O5S. The molecule has 142 valence electrons. The Bertz CT molecular complexity index is 442. The van der Waals surface area contributed by atoms with Crippen LogP contribution < -0.4 is 0 Å². The van der Waals surface area contributed by atoms with E-state index in [1.165, 1.54) is 38.5 Å². The van der Waals surface area contributed by atoms with Gasteiger partial charge in [-0.05, 0) is 38.5 Å². The van der Waals surface area contributed by atoms with E-state index < -0.39 is 21.3 Å². The number of aliphatic carboxylic acids is 1. The van der Waals surface area contributed by atoms with Crippen molar-refractivity contribution in [1.82, 2.24) is 0 Å². The lowest BCUT2D eigenvalue weighted by Gasteiger charge is -2.12. The predicted octanol–water partition coefficient (Wildman–Crippen LogP) is 4.97. The smallest absolute Gasteiger partial charge is 0.303 e. The maximum absolute atomic E-state index is 11.2. The fraction of sp³-hybridized carbons (Fsp3) is 0.833. The molecule has 0 amide bonds. The van der Waals surface area contributed by atoms with Crippen molar-refractivity contribution in [2.24, 2.45) is 0 Å². The lowest BCUT2D eigenvalue weighted by molar-refractivity contribution is -0.137. The normalized spacial score (nSPS) is 13.4. The number of carboxylic acid groups (broad SMARTS) is 1. The highest BCUT2D eigenvalue weighted by Crippen LogP contribution is 2.16. The van der Waals surface area contributed by atoms with E-state index in [0.717, 1.165) is 19.3 Å². The molecule has 0 bridgehead atoms. The van der Waals surface area contributed by atoms with Gasteiger partial charge in [-0.2, -0.15) is 8.42 Å². The van der Waals surface area contributed by atoms with Crippen LogP contribution >= 0.6 is 0 Å². The summed E-state index contributed by atoms with van der Waals surface area (Å²) in [6.45, 7) is 2.22. The number of unbranched alkanes of at least 4 members (excludes halogenated alkanes) is 8. The van der Waals surface area contributed by atoms with Gasteiger partial charge in [0.05, 0.1) is 5.25 Å². The van der Waals surface area contributed by atoms with Gasteiger partial charge in [-0.3, -0.25) is 9.35 Å². The number of hydrogen-bond donors (Lipinski definition) is 2. The standard InChI is InChI=1S/C18H34O5S/c1-2-3-4-5-6-7-8-9-10-11-12-13-14-17(24(21,22)23)15-16-18(19)20/h9-10,17H,2-8,11-16H2,1H3,(H,19,20)(H,21,22,23)/b10-9-. The zero-order chi connectivity index (χ0) is 18.3. The lowest BCUT2D eigenvalue weighted by Crippen LogP contribution is -2.21. The molecule has 0 radical (unpaired) electrons. The second-order valence-corrected chi connectivity index (χ2v) is 8.08. The number of hydrogen-bond acceptors (Lipinski definition) is 3. The Morgan fingerprint density at radius 2 is 1.46 bits per heavy atom. The van der Waals surface area contributed by atoms with E-state index >= 15 is 0 Å². The third kappa shape index (κ3) is 14.7. The molecule has 0 aromatic heterocycles. The monoisotopic (exact) mass is 362 g/mol. The Morgan fingerprint density at radius 3 is 2.00 bits per heavy atom. The first-order valence-electron chi connectivity index (χ1n) is 9.21. The van der Waals surface area contributed by atoms with Crippen LogP contribution in [0.1, 0.15) is 90.4 Å². The first-order chi connectivity index (χ1) is 11.4. The topological polar surface area (TPSA) is 91.7 Å². The quantitative estimate of drug-likeness (QED) is 0.230. The first-order valence-corrected chi connectivity index (χ1v) is 10.7. The molecule has 6 heteroatoms. The minimum absolute atomic E-state index is 0.0258. The highest BCUT2D eigenvalue weighted by molar-refractivity contribution is 7.86. The number of rotatable bonds is 16. The van der Waals surface area contributed by atoms with Crippen LogP contribution in [0.3, 0.4) is 0 Å². The highest BCUT2D eigenvalue weighted by atomic mass is 32.2. The summed E-state index contributed by atoms with van der Waals surface area (Å²) in [5, 5.41) is 7.66. The van der Waals surface area contributed by atoms with Crippen molar-refractivity contribution in [3.63, 3.8) is 0 Å². The molecule has 1 atom stereocenters. The van der Waals surface area contributed by atoms with Crippen LogP contribution in [0.5, 0.6) is 0 Å². The summed E-state index contributed by atoms with van der Waals surface area (Å²) in [6, 6.07) is 0. The van der Waals surface area contributed by atoms with Gasteiger partial charge >= 0.3 is 5.97 Å². The van der Waals surface area contributed by atoms with Gasteiger partial charge < -0.3 is 5.11 Å². The second kappa shape index (κ2) is 14.5. The fourth-order valence-corrected chi connectivity index (χ4v) is 3.52. The Hall–Kier alpha value is -0.880. The molecule has 0 aliphatic heterocycles. The van der Waals surface area contributed by atoms with Crippen LogP contribution in [-0.2, 0) is 14.9 Å². The van der Waals surface area contributed by atoms with E-state index in [9.17, 15) is 13.2 Å². The third-order valence-corrected chi connectivity index (χ3v) is 5.45. The third-order valence-electron chi connectivity index (χ3n) is 4.14. The van der Waals surface area contributed by atoms with Crippen LogP contribution in [0.25, 0.3) is 0 Å². The summed E-state index contributed by atoms with van der Waals surface area (Å²) in [4.78, 5) is 10.5. The van der Waals surface area contributed by atoms with Gasteiger partial charge in [0.1, 0.15) is 0 Å². The van der Waals surface area contributed by atoms with Crippen molar-refractivity contribution in [1.29, 1.82) is 0 Å². The largest absolute Gasteiger partial charge is 0.481 e. The Kier molecular flexibility index (Phi) is 13.9.